The molecule has 2 amide bonds. The molecular formula is C29H38N2O8. The highest BCUT2D eigenvalue weighted by Gasteiger charge is 2.27. The Morgan fingerprint density at radius 3 is 2.03 bits per heavy atom. The number of alkyl carbamates (subject to hydrolysis) is 1. The largest absolute Gasteiger partial charge is 0.466 e. The molecule has 0 heterocycles. The van der Waals surface area contributed by atoms with Crippen molar-refractivity contribution in [2.45, 2.75) is 71.8 Å². The van der Waals surface area contributed by atoms with Gasteiger partial charge in [0.2, 0.25) is 0 Å². The van der Waals surface area contributed by atoms with Gasteiger partial charge in [-0.25, -0.2) is 9.59 Å². The Morgan fingerprint density at radius 2 is 1.46 bits per heavy atom. The molecule has 0 aliphatic heterocycles. The molecule has 2 aromatic rings. The molecule has 0 radical (unpaired) electrons. The number of rotatable bonds is 14. The average molecular weight is 543 g/mol. The van der Waals surface area contributed by atoms with Gasteiger partial charge in [-0.2, -0.15) is 5.06 Å². The maximum absolute atomic E-state index is 12.9. The molecule has 0 spiro atoms. The first-order valence-corrected chi connectivity index (χ1v) is 12.9. The van der Waals surface area contributed by atoms with Gasteiger partial charge in [0.1, 0.15) is 25.2 Å². The second-order valence-electron chi connectivity index (χ2n) is 9.69. The molecule has 212 valence electrons. The molecule has 0 aromatic heterocycles. The van der Waals surface area contributed by atoms with E-state index in [1.807, 2.05) is 60.7 Å². The molecule has 0 saturated heterocycles. The van der Waals surface area contributed by atoms with E-state index in [1.54, 1.807) is 27.7 Å². The van der Waals surface area contributed by atoms with Crippen LogP contribution in [0.1, 0.15) is 58.1 Å². The summed E-state index contributed by atoms with van der Waals surface area (Å²) in [6.07, 6.45) is -1.60. The summed E-state index contributed by atoms with van der Waals surface area (Å²) in [5, 5.41) is 3.63. The number of amides is 2. The van der Waals surface area contributed by atoms with Gasteiger partial charge in [0.25, 0.3) is 0 Å². The highest BCUT2D eigenvalue weighted by molar-refractivity contribution is 5.99. The van der Waals surface area contributed by atoms with Gasteiger partial charge in [-0.3, -0.25) is 14.4 Å². The van der Waals surface area contributed by atoms with Crippen molar-refractivity contribution in [1.82, 2.24) is 10.4 Å². The Morgan fingerprint density at radius 1 is 0.872 bits per heavy atom. The molecule has 10 nitrogen and oxygen atoms in total. The van der Waals surface area contributed by atoms with Crippen LogP contribution in [0.25, 0.3) is 0 Å². The van der Waals surface area contributed by atoms with Gasteiger partial charge in [-0.1, -0.05) is 60.7 Å². The lowest BCUT2D eigenvalue weighted by molar-refractivity contribution is -0.149. The van der Waals surface area contributed by atoms with Gasteiger partial charge < -0.3 is 19.5 Å². The monoisotopic (exact) mass is 542 g/mol. The fourth-order valence-corrected chi connectivity index (χ4v) is 3.41. The van der Waals surface area contributed by atoms with Gasteiger partial charge in [0.15, 0.2) is 5.78 Å². The Kier molecular flexibility index (Phi) is 12.9. The van der Waals surface area contributed by atoms with Crippen LogP contribution in [0.15, 0.2) is 60.7 Å². The van der Waals surface area contributed by atoms with Crippen LogP contribution in [0, 0.1) is 0 Å². The van der Waals surface area contributed by atoms with Crippen molar-refractivity contribution in [3.05, 3.63) is 71.8 Å². The van der Waals surface area contributed by atoms with Gasteiger partial charge in [-0.05, 0) is 51.7 Å². The maximum Gasteiger partial charge on any atom is 0.434 e. The summed E-state index contributed by atoms with van der Waals surface area (Å²) in [7, 11) is 0. The zero-order valence-electron chi connectivity index (χ0n) is 23.0. The number of nitrogens with zero attached hydrogens (tertiary/aromatic N) is 1. The number of hydroxylamine groups is 2. The highest BCUT2D eigenvalue weighted by Crippen LogP contribution is 2.12. The van der Waals surface area contributed by atoms with E-state index >= 15 is 0 Å². The van der Waals surface area contributed by atoms with E-state index in [-0.39, 0.29) is 39.2 Å². The maximum atomic E-state index is 12.9. The summed E-state index contributed by atoms with van der Waals surface area (Å²) >= 11 is 0. The molecule has 0 fully saturated rings. The van der Waals surface area contributed by atoms with E-state index in [4.69, 9.17) is 19.0 Å². The third-order valence-electron chi connectivity index (χ3n) is 5.20. The van der Waals surface area contributed by atoms with E-state index in [2.05, 4.69) is 5.32 Å². The van der Waals surface area contributed by atoms with Crippen molar-refractivity contribution in [1.29, 1.82) is 0 Å². The van der Waals surface area contributed by atoms with Gasteiger partial charge in [-0.15, -0.1) is 0 Å². The fraction of sp³-hybridized carbons (Fsp3) is 0.448. The zero-order chi connectivity index (χ0) is 28.7. The summed E-state index contributed by atoms with van der Waals surface area (Å²) in [6.45, 7) is 7.13. The normalized spacial score (nSPS) is 11.7. The highest BCUT2D eigenvalue weighted by atomic mass is 16.7. The van der Waals surface area contributed by atoms with Crippen molar-refractivity contribution in [3.63, 3.8) is 0 Å². The predicted octanol–water partition coefficient (Wildman–Crippen LogP) is 4.95. The molecule has 0 unspecified atom stereocenters. The third kappa shape index (κ3) is 12.9. The lowest BCUT2D eigenvalue weighted by Crippen LogP contribution is -2.44. The van der Waals surface area contributed by atoms with E-state index in [0.29, 0.717) is 0 Å². The Balaban J connectivity index is 2.05. The van der Waals surface area contributed by atoms with Crippen LogP contribution < -0.4 is 5.32 Å². The molecule has 1 N–H and O–H groups in total. The first-order chi connectivity index (χ1) is 18.6. The minimum Gasteiger partial charge on any atom is -0.466 e. The molecule has 0 aliphatic rings. The van der Waals surface area contributed by atoms with Crippen molar-refractivity contribution in [3.8, 4) is 0 Å². The molecule has 39 heavy (non-hydrogen) atoms. The van der Waals surface area contributed by atoms with Gasteiger partial charge >= 0.3 is 18.2 Å². The Labute approximate surface area is 229 Å². The quantitative estimate of drug-likeness (QED) is 0.154. The first kappa shape index (κ1) is 31.3. The summed E-state index contributed by atoms with van der Waals surface area (Å²) < 4.78 is 15.6. The van der Waals surface area contributed by atoms with Gasteiger partial charge in [0.05, 0.1) is 19.2 Å². The number of benzene rings is 2. The minimum absolute atomic E-state index is 0.0612. The SMILES string of the molecule is CCOC(=O)CC(=O)[C@H](CCCN(OCc1ccccc1)C(=O)OCc1ccccc1)NC(=O)OC(C)(C)C. The van der Waals surface area contributed by atoms with Crippen LogP contribution in [0.2, 0.25) is 0 Å². The van der Waals surface area contributed by atoms with Crippen LogP contribution in [-0.2, 0) is 41.9 Å². The zero-order valence-corrected chi connectivity index (χ0v) is 23.0. The van der Waals surface area contributed by atoms with Crippen molar-refractivity contribution in [2.75, 3.05) is 13.2 Å². The number of hydrogen-bond acceptors (Lipinski definition) is 8. The first-order valence-electron chi connectivity index (χ1n) is 12.9. The van der Waals surface area contributed by atoms with Crippen molar-refractivity contribution in [2.24, 2.45) is 0 Å². The second kappa shape index (κ2) is 16.1. The second-order valence-corrected chi connectivity index (χ2v) is 9.69. The molecule has 0 bridgehead atoms. The van der Waals surface area contributed by atoms with Crippen LogP contribution in [-0.4, -0.2) is 53.8 Å². The number of carbonyl (C=O) groups excluding carboxylic acids is 4. The number of esters is 1. The van der Waals surface area contributed by atoms with Gasteiger partial charge in [0, 0.05) is 0 Å². The molecular weight excluding hydrogens is 504 g/mol. The van der Waals surface area contributed by atoms with E-state index in [9.17, 15) is 19.2 Å². The Bertz CT molecular complexity index is 1050. The topological polar surface area (TPSA) is 120 Å². The minimum atomic E-state index is -1.03. The van der Waals surface area contributed by atoms with Crippen LogP contribution in [0.3, 0.4) is 0 Å². The predicted molar refractivity (Wildman–Crippen MR) is 143 cm³/mol. The lowest BCUT2D eigenvalue weighted by Gasteiger charge is -2.24. The standard InChI is InChI=1S/C29H38N2O8/c1-5-36-26(33)19-25(32)24(30-27(34)39-29(2,3)4)17-12-18-31(38-21-23-15-10-7-11-16-23)28(35)37-20-22-13-8-6-9-14-22/h6-11,13-16,24H,5,12,17-21H2,1-4H3,(H,30,34)/t24-/m0/s1. The summed E-state index contributed by atoms with van der Waals surface area (Å²) in [5.41, 5.74) is 0.899. The number of Topliss-reactive ketones (excluding diaryl/α,β-unsaturated/α-hetero) is 1. The Hall–Kier alpha value is -3.92. The van der Waals surface area contributed by atoms with E-state index < -0.39 is 42.0 Å². The number of nitrogens with one attached hydrogen (secondary N) is 1. The molecule has 2 rings (SSSR count). The van der Waals surface area contributed by atoms with Crippen molar-refractivity contribution >= 4 is 23.9 Å². The molecule has 10 heteroatoms. The average Bonchev–Trinajstić information content (AvgIpc) is 2.88. The molecule has 0 saturated carbocycles. The smallest absolute Gasteiger partial charge is 0.434 e. The molecule has 1 atom stereocenters. The molecule has 2 aromatic carbocycles. The van der Waals surface area contributed by atoms with Crippen molar-refractivity contribution < 1.29 is 38.2 Å². The lowest BCUT2D eigenvalue weighted by atomic mass is 10.0. The number of carbonyl (C=O) groups is 4. The van der Waals surface area contributed by atoms with Crippen LogP contribution in [0.5, 0.6) is 0 Å². The van der Waals surface area contributed by atoms with E-state index in [0.717, 1.165) is 16.2 Å². The summed E-state index contributed by atoms with van der Waals surface area (Å²) in [6, 6.07) is 17.5. The van der Waals surface area contributed by atoms with E-state index in [1.165, 1.54) is 0 Å². The summed E-state index contributed by atoms with van der Waals surface area (Å²) in [4.78, 5) is 55.6. The molecule has 0 aliphatic carbocycles. The van der Waals surface area contributed by atoms with Crippen LogP contribution >= 0.6 is 0 Å². The summed E-state index contributed by atoms with van der Waals surface area (Å²) in [5.74, 6) is -1.21. The number of ketones is 1. The number of ether oxygens (including phenoxy) is 3. The number of hydrogen-bond donors (Lipinski definition) is 1. The van der Waals surface area contributed by atoms with Crippen LogP contribution in [0.4, 0.5) is 9.59 Å². The fourth-order valence-electron chi connectivity index (χ4n) is 3.41. The third-order valence-corrected chi connectivity index (χ3v) is 5.20.